The summed E-state index contributed by atoms with van der Waals surface area (Å²) < 4.78 is 2.45. The van der Waals surface area contributed by atoms with Gasteiger partial charge in [0.1, 0.15) is 0 Å². The average Bonchev–Trinajstić information content (AvgIpc) is 3.39. The molecular formula is C32H18N2. The van der Waals surface area contributed by atoms with Crippen LogP contribution in [0.1, 0.15) is 27.8 Å². The molecule has 0 N–H and O–H groups in total. The molecule has 1 aromatic heterocycles. The summed E-state index contributed by atoms with van der Waals surface area (Å²) in [6.07, 6.45) is 0. The van der Waals surface area contributed by atoms with Gasteiger partial charge in [0.25, 0.3) is 0 Å². The quantitative estimate of drug-likeness (QED) is 0.248. The average molecular weight is 431 g/mol. The largest absolute Gasteiger partial charge is 0.309 e. The van der Waals surface area contributed by atoms with Gasteiger partial charge in [-0.15, -0.1) is 0 Å². The molecule has 1 aliphatic carbocycles. The van der Waals surface area contributed by atoms with Crippen LogP contribution in [0.25, 0.3) is 38.6 Å². The molecule has 6 aromatic rings. The third kappa shape index (κ3) is 1.86. The molecule has 0 radical (unpaired) electrons. The maximum absolute atomic E-state index is 9.66. The molecular weight excluding hydrogens is 412 g/mol. The second kappa shape index (κ2) is 6.04. The van der Waals surface area contributed by atoms with E-state index in [0.29, 0.717) is 5.56 Å². The SMILES string of the molecule is N#Cc1ccc2c(c1)-c1ccccc1C21c2ccccc2-n2c3ccccc3c3cccc1c32. The van der Waals surface area contributed by atoms with Crippen molar-refractivity contribution in [3.63, 3.8) is 0 Å². The molecule has 2 nitrogen and oxygen atoms in total. The molecule has 1 unspecified atom stereocenters. The second-order valence-corrected chi connectivity index (χ2v) is 9.24. The van der Waals surface area contributed by atoms with Crippen molar-refractivity contribution in [2.45, 2.75) is 5.41 Å². The number of hydrogen-bond acceptors (Lipinski definition) is 1. The van der Waals surface area contributed by atoms with Gasteiger partial charge in [0.2, 0.25) is 0 Å². The number of para-hydroxylation sites is 3. The normalized spacial score (nSPS) is 16.9. The molecule has 2 aliphatic rings. The number of fused-ring (bicyclic) bond motifs is 12. The lowest BCUT2D eigenvalue weighted by atomic mass is 9.65. The van der Waals surface area contributed by atoms with Crippen LogP contribution in [0.5, 0.6) is 0 Å². The molecule has 2 heteroatoms. The van der Waals surface area contributed by atoms with Crippen molar-refractivity contribution in [2.75, 3.05) is 0 Å². The van der Waals surface area contributed by atoms with E-state index in [2.05, 4.69) is 114 Å². The van der Waals surface area contributed by atoms with Crippen LogP contribution in [0.3, 0.4) is 0 Å². The van der Waals surface area contributed by atoms with Crippen molar-refractivity contribution in [1.29, 1.82) is 5.26 Å². The monoisotopic (exact) mass is 430 g/mol. The third-order valence-electron chi connectivity index (χ3n) is 7.82. The molecule has 1 aliphatic heterocycles. The van der Waals surface area contributed by atoms with Gasteiger partial charge in [0, 0.05) is 10.8 Å². The van der Waals surface area contributed by atoms with Crippen LogP contribution in [-0.2, 0) is 5.41 Å². The number of rotatable bonds is 0. The first-order valence-corrected chi connectivity index (χ1v) is 11.6. The number of benzene rings is 5. The van der Waals surface area contributed by atoms with E-state index in [-0.39, 0.29) is 0 Å². The van der Waals surface area contributed by atoms with Gasteiger partial charge in [-0.1, -0.05) is 84.9 Å². The van der Waals surface area contributed by atoms with E-state index >= 15 is 0 Å². The topological polar surface area (TPSA) is 28.7 Å². The summed E-state index contributed by atoms with van der Waals surface area (Å²) in [5.74, 6) is 0. The number of nitriles is 1. The zero-order valence-electron chi connectivity index (χ0n) is 18.3. The molecule has 0 fully saturated rings. The first-order valence-electron chi connectivity index (χ1n) is 11.6. The maximum Gasteiger partial charge on any atom is 0.0991 e. The van der Waals surface area contributed by atoms with Crippen LogP contribution in [0, 0.1) is 11.3 Å². The highest BCUT2D eigenvalue weighted by molar-refractivity contribution is 6.12. The Bertz CT molecular complexity index is 1880. The van der Waals surface area contributed by atoms with E-state index in [4.69, 9.17) is 0 Å². The predicted octanol–water partition coefficient (Wildman–Crippen LogP) is 7.33. The Morgan fingerprint density at radius 1 is 0.588 bits per heavy atom. The molecule has 1 spiro atoms. The summed E-state index contributed by atoms with van der Waals surface area (Å²) in [4.78, 5) is 0. The second-order valence-electron chi connectivity index (χ2n) is 9.24. The Kier molecular flexibility index (Phi) is 3.18. The summed E-state index contributed by atoms with van der Waals surface area (Å²) >= 11 is 0. The first-order chi connectivity index (χ1) is 16.8. The molecule has 5 aromatic carbocycles. The van der Waals surface area contributed by atoms with Gasteiger partial charge >= 0.3 is 0 Å². The number of aromatic nitrogens is 1. The van der Waals surface area contributed by atoms with E-state index in [1.807, 2.05) is 6.07 Å². The molecule has 1 atom stereocenters. The van der Waals surface area contributed by atoms with Gasteiger partial charge in [-0.2, -0.15) is 5.26 Å². The van der Waals surface area contributed by atoms with E-state index in [9.17, 15) is 5.26 Å². The maximum atomic E-state index is 9.66. The van der Waals surface area contributed by atoms with Crippen LogP contribution in [-0.4, -0.2) is 4.57 Å². The van der Waals surface area contributed by atoms with Crippen LogP contribution in [0.2, 0.25) is 0 Å². The van der Waals surface area contributed by atoms with E-state index in [1.165, 1.54) is 55.3 Å². The molecule has 0 saturated heterocycles. The fourth-order valence-electron chi connectivity index (χ4n) is 6.64. The lowest BCUT2D eigenvalue weighted by Gasteiger charge is -2.39. The minimum atomic E-state index is -0.430. The Balaban J connectivity index is 1.68. The summed E-state index contributed by atoms with van der Waals surface area (Å²) in [6.45, 7) is 0. The van der Waals surface area contributed by atoms with Gasteiger partial charge in [-0.25, -0.2) is 0 Å². The van der Waals surface area contributed by atoms with Gasteiger partial charge in [0.15, 0.2) is 0 Å². The zero-order chi connectivity index (χ0) is 22.4. The number of nitrogens with zero attached hydrogens (tertiary/aromatic N) is 2. The van der Waals surface area contributed by atoms with Crippen molar-refractivity contribution < 1.29 is 0 Å². The smallest absolute Gasteiger partial charge is 0.0991 e. The lowest BCUT2D eigenvalue weighted by Crippen LogP contribution is -2.33. The summed E-state index contributed by atoms with van der Waals surface area (Å²) in [5, 5.41) is 12.2. The fourth-order valence-corrected chi connectivity index (χ4v) is 6.64. The van der Waals surface area contributed by atoms with Gasteiger partial charge in [-0.05, 0) is 57.6 Å². The van der Waals surface area contributed by atoms with Gasteiger partial charge in [0.05, 0.1) is 33.8 Å². The van der Waals surface area contributed by atoms with E-state index in [1.54, 1.807) is 0 Å². The molecule has 0 amide bonds. The summed E-state index contributed by atoms with van der Waals surface area (Å²) in [5.41, 5.74) is 11.5. The van der Waals surface area contributed by atoms with Crippen molar-refractivity contribution in [3.8, 4) is 22.9 Å². The van der Waals surface area contributed by atoms with E-state index < -0.39 is 5.41 Å². The highest BCUT2D eigenvalue weighted by Crippen LogP contribution is 2.60. The highest BCUT2D eigenvalue weighted by atomic mass is 15.0. The molecule has 156 valence electrons. The number of hydrogen-bond donors (Lipinski definition) is 0. The zero-order valence-corrected chi connectivity index (χ0v) is 18.3. The summed E-state index contributed by atoms with van der Waals surface area (Å²) in [6, 6.07) is 41.6. The first kappa shape index (κ1) is 17.9. The molecule has 0 bridgehead atoms. The van der Waals surface area contributed by atoms with Crippen molar-refractivity contribution >= 4 is 21.8 Å². The van der Waals surface area contributed by atoms with E-state index in [0.717, 1.165) is 5.56 Å². The standard InChI is InChI=1S/C32H18N2/c33-19-20-16-17-26-24(18-20)21-8-1-3-11-25(21)32(26)27-12-4-6-15-30(27)34-29-14-5-2-9-22(29)23-10-7-13-28(32)31(23)34/h1-18H. The van der Waals surface area contributed by atoms with Crippen molar-refractivity contribution in [1.82, 2.24) is 4.57 Å². The molecule has 0 saturated carbocycles. The van der Waals surface area contributed by atoms with Crippen LogP contribution in [0.4, 0.5) is 0 Å². The van der Waals surface area contributed by atoms with Gasteiger partial charge in [-0.3, -0.25) is 0 Å². The molecule has 2 heterocycles. The van der Waals surface area contributed by atoms with Crippen molar-refractivity contribution in [2.24, 2.45) is 0 Å². The van der Waals surface area contributed by atoms with Gasteiger partial charge < -0.3 is 4.57 Å². The predicted molar refractivity (Wildman–Crippen MR) is 136 cm³/mol. The van der Waals surface area contributed by atoms with Crippen LogP contribution < -0.4 is 0 Å². The lowest BCUT2D eigenvalue weighted by molar-refractivity contribution is 0.748. The fraction of sp³-hybridized carbons (Fsp3) is 0.0312. The Labute approximate surface area is 196 Å². The minimum absolute atomic E-state index is 0.430. The molecule has 8 rings (SSSR count). The highest BCUT2D eigenvalue weighted by Gasteiger charge is 2.50. The van der Waals surface area contributed by atoms with Crippen LogP contribution >= 0.6 is 0 Å². The Hall–Kier alpha value is -4.61. The Morgan fingerprint density at radius 2 is 1.29 bits per heavy atom. The van der Waals surface area contributed by atoms with Crippen molar-refractivity contribution in [3.05, 3.63) is 137 Å². The minimum Gasteiger partial charge on any atom is -0.309 e. The molecule has 34 heavy (non-hydrogen) atoms. The Morgan fingerprint density at radius 3 is 2.21 bits per heavy atom. The third-order valence-corrected chi connectivity index (χ3v) is 7.82. The van der Waals surface area contributed by atoms with Crippen LogP contribution in [0.15, 0.2) is 109 Å². The summed E-state index contributed by atoms with van der Waals surface area (Å²) in [7, 11) is 0.